The van der Waals surface area contributed by atoms with Gasteiger partial charge in [-0.1, -0.05) is 55.4 Å². The van der Waals surface area contributed by atoms with Gasteiger partial charge in [0.15, 0.2) is 5.96 Å². The summed E-state index contributed by atoms with van der Waals surface area (Å²) < 4.78 is 0. The second-order valence-corrected chi connectivity index (χ2v) is 25.3. The molecule has 0 rings (SSSR count). The summed E-state index contributed by atoms with van der Waals surface area (Å²) in [5.41, 5.74) is 21.7. The predicted octanol–water partition coefficient (Wildman–Crippen LogP) is -5.37. The fraction of sp³-hybridized carbons (Fsp3) is 0.724. The first-order chi connectivity index (χ1) is 43.7. The number of nitrogens with one attached hydrogen (secondary N) is 12. The van der Waals surface area contributed by atoms with E-state index in [1.54, 1.807) is 61.6 Å². The molecule has 36 heteroatoms. The number of aliphatic hydroxyl groups excluding tert-OH is 1. The van der Waals surface area contributed by atoms with Crippen molar-refractivity contribution in [2.75, 3.05) is 31.6 Å². The maximum absolute atomic E-state index is 14.0. The normalized spacial score (nSPS) is 15.0. The van der Waals surface area contributed by atoms with E-state index in [-0.39, 0.29) is 81.6 Å². The highest BCUT2D eigenvalue weighted by atomic mass is 32.2. The van der Waals surface area contributed by atoms with E-state index in [1.807, 2.05) is 0 Å². The monoisotopic (exact) mass is 1360 g/mol. The van der Waals surface area contributed by atoms with Gasteiger partial charge in [-0.3, -0.25) is 72.1 Å². The molecule has 12 atom stereocenters. The number of primary amides is 1. The molecule has 0 spiro atoms. The van der Waals surface area contributed by atoms with Gasteiger partial charge in [0, 0.05) is 19.4 Å². The molecule has 0 fully saturated rings. The van der Waals surface area contributed by atoms with Crippen molar-refractivity contribution in [1.82, 2.24) is 63.8 Å². The van der Waals surface area contributed by atoms with E-state index < -0.39 is 193 Å². The number of carboxylic acids is 2. The quantitative estimate of drug-likeness (QED) is 0.0154. The fourth-order valence-corrected chi connectivity index (χ4v) is 9.17. The number of hydrogen-bond donors (Lipinski definition) is 19. The summed E-state index contributed by atoms with van der Waals surface area (Å²) in [5.74, 6) is -15.2. The largest absolute Gasteiger partial charge is 0.481 e. The summed E-state index contributed by atoms with van der Waals surface area (Å²) in [6, 6.07) is -14.9. The minimum Gasteiger partial charge on any atom is -0.481 e. The molecule has 534 valence electrons. The molecule has 0 aliphatic rings. The Labute approximate surface area is 551 Å². The molecule has 0 aliphatic carbocycles. The third-order valence-corrected chi connectivity index (χ3v) is 14.5. The summed E-state index contributed by atoms with van der Waals surface area (Å²) >= 11 is 1.32. The molecule has 13 amide bonds. The van der Waals surface area contributed by atoms with Gasteiger partial charge in [0.05, 0.1) is 19.2 Å². The first-order valence-electron chi connectivity index (χ1n) is 31.0. The Bertz CT molecular complexity index is 2620. The molecule has 0 aromatic carbocycles. The van der Waals surface area contributed by atoms with Crippen molar-refractivity contribution in [3.8, 4) is 0 Å². The van der Waals surface area contributed by atoms with Gasteiger partial charge in [-0.2, -0.15) is 11.8 Å². The number of aliphatic hydroxyl groups is 1. The van der Waals surface area contributed by atoms with Crippen LogP contribution in [0, 0.1) is 23.7 Å². The maximum atomic E-state index is 14.0. The Morgan fingerprint density at radius 2 is 0.819 bits per heavy atom. The van der Waals surface area contributed by atoms with E-state index in [4.69, 9.17) is 22.9 Å². The zero-order valence-electron chi connectivity index (χ0n) is 55.8. The van der Waals surface area contributed by atoms with Crippen LogP contribution in [0.4, 0.5) is 0 Å². The number of aliphatic carboxylic acids is 2. The van der Waals surface area contributed by atoms with Crippen molar-refractivity contribution in [1.29, 1.82) is 0 Å². The summed E-state index contributed by atoms with van der Waals surface area (Å²) in [6.45, 7) is 16.2. The molecule has 0 aromatic heterocycles. The van der Waals surface area contributed by atoms with Crippen LogP contribution in [0.5, 0.6) is 0 Å². The highest BCUT2D eigenvalue weighted by Gasteiger charge is 2.36. The SMILES string of the molecule is CSCC[C@H](NC(=O)[C@@H](NC(=O)CNC(=O)[C@H](CCC(=O)O)NC(=O)[C@H](CC(C)C)NC(=O)[C@H](CC(C)C)NC(=O)[C@H](CC(C)C)NC(=O)[C@@H](N)[C@@H](C)O)C(C)C)C(=O)N[C@@H](C)C(=O)N[C@@H](C)C(=O)N[C@@H](CCCN=C(N)N)C(=O)NCC(=O)N[C@@H](CCC(N)=O)C(=O)O. The van der Waals surface area contributed by atoms with Crippen molar-refractivity contribution < 1.29 is 87.2 Å². The van der Waals surface area contributed by atoms with Crippen LogP contribution >= 0.6 is 11.8 Å². The number of thioether (sulfide) groups is 1. The number of aliphatic imine (C=N–C) groups is 1. The number of carbonyl (C=O) groups is 15. The van der Waals surface area contributed by atoms with E-state index >= 15 is 0 Å². The lowest BCUT2D eigenvalue weighted by Crippen LogP contribution is -2.60. The van der Waals surface area contributed by atoms with Crippen LogP contribution in [-0.2, 0) is 71.9 Å². The van der Waals surface area contributed by atoms with E-state index in [0.29, 0.717) is 5.75 Å². The molecule has 0 radical (unpaired) electrons. The van der Waals surface area contributed by atoms with Gasteiger partial charge in [-0.05, 0) is 108 Å². The standard InChI is InChI=1S/C58H103N17O18S/c1-27(2)22-38(72-53(88)39(23-28(3)4)73-54(89)40(24-29(5)6)74-55(90)45(60)33(11)76)52(87)70-35(16-18-44(80)81)50(85)65-26-43(79)75-46(30(7)8)56(91)71-36(19-21-94-12)51(86)67-31(9)47(82)66-32(10)48(83)69-34(14-13-20-63-58(61)62)49(84)64-25-42(78)68-37(57(92)93)15-17-41(59)77/h27-40,45-46,76H,13-26,60H2,1-12H3,(H2,59,77)(H,64,84)(H,65,85)(H,66,82)(H,67,86)(H,68,78)(H,69,83)(H,70,87)(H,71,91)(H,72,88)(H,73,89)(H,74,90)(H,75,79)(H,80,81)(H,92,93)(H4,61,62,63)/t31-,32-,33+,34-,35-,36-,37-,38-,39-,40-,45-,46-/m0/s1. The lowest BCUT2D eigenvalue weighted by atomic mass is 9.98. The van der Waals surface area contributed by atoms with Gasteiger partial charge < -0.3 is 102 Å². The molecule has 35 nitrogen and oxygen atoms in total. The summed E-state index contributed by atoms with van der Waals surface area (Å²) in [4.78, 5) is 200. The lowest BCUT2D eigenvalue weighted by Gasteiger charge is -2.28. The van der Waals surface area contributed by atoms with Crippen LogP contribution in [0.1, 0.15) is 140 Å². The third-order valence-electron chi connectivity index (χ3n) is 13.9. The Kier molecular flexibility index (Phi) is 40.3. The minimum atomic E-state index is -1.59. The molecule has 0 unspecified atom stereocenters. The summed E-state index contributed by atoms with van der Waals surface area (Å²) in [6.07, 6.45) is -1.00. The number of guanidine groups is 1. The van der Waals surface area contributed by atoms with Crippen molar-refractivity contribution in [3.63, 3.8) is 0 Å². The number of hydrogen-bond acceptors (Lipinski definition) is 19. The Balaban J connectivity index is 6.24. The number of nitrogens with zero attached hydrogens (tertiary/aromatic N) is 1. The van der Waals surface area contributed by atoms with Gasteiger partial charge in [0.25, 0.3) is 0 Å². The number of amides is 13. The number of carbonyl (C=O) groups excluding carboxylic acids is 13. The molecule has 0 heterocycles. The van der Waals surface area contributed by atoms with Crippen LogP contribution in [0.2, 0.25) is 0 Å². The highest BCUT2D eigenvalue weighted by molar-refractivity contribution is 7.98. The summed E-state index contributed by atoms with van der Waals surface area (Å²) in [7, 11) is 0. The first kappa shape index (κ1) is 85.6. The van der Waals surface area contributed by atoms with Gasteiger partial charge in [0.2, 0.25) is 76.8 Å². The first-order valence-corrected chi connectivity index (χ1v) is 32.4. The lowest BCUT2D eigenvalue weighted by molar-refractivity contribution is -0.142. The average Bonchev–Trinajstić information content (AvgIpc) is 0.901. The van der Waals surface area contributed by atoms with Crippen LogP contribution in [0.25, 0.3) is 0 Å². The third kappa shape index (κ3) is 35.6. The number of carboxylic acid groups (broad SMARTS) is 2. The predicted molar refractivity (Wildman–Crippen MR) is 345 cm³/mol. The van der Waals surface area contributed by atoms with E-state index in [1.165, 1.54) is 32.5 Å². The number of rotatable bonds is 46. The molecule has 0 aromatic rings. The summed E-state index contributed by atoms with van der Waals surface area (Å²) in [5, 5.41) is 58.4. The van der Waals surface area contributed by atoms with Crippen LogP contribution in [-0.4, -0.2) is 214 Å². The van der Waals surface area contributed by atoms with Gasteiger partial charge in [0.1, 0.15) is 66.5 Å². The van der Waals surface area contributed by atoms with Gasteiger partial charge >= 0.3 is 11.9 Å². The smallest absolute Gasteiger partial charge is 0.326 e. The molecule has 0 aliphatic heterocycles. The zero-order valence-corrected chi connectivity index (χ0v) is 56.6. The molecule has 94 heavy (non-hydrogen) atoms. The maximum Gasteiger partial charge on any atom is 0.326 e. The number of nitrogens with two attached hydrogens (primary N) is 4. The molecular weight excluding hydrogens is 1250 g/mol. The van der Waals surface area contributed by atoms with Gasteiger partial charge in [-0.25, -0.2) is 4.79 Å². The molecular formula is C58H103N17O18S. The average molecular weight is 1360 g/mol. The van der Waals surface area contributed by atoms with Crippen molar-refractivity contribution in [2.45, 2.75) is 213 Å². The van der Waals surface area contributed by atoms with Gasteiger partial charge in [-0.15, -0.1) is 0 Å². The second kappa shape index (κ2) is 44.2. The van der Waals surface area contributed by atoms with E-state index in [2.05, 4.69) is 68.8 Å². The van der Waals surface area contributed by atoms with Crippen LogP contribution in [0.3, 0.4) is 0 Å². The minimum absolute atomic E-state index is 0.00164. The van der Waals surface area contributed by atoms with E-state index in [0.717, 1.165) is 0 Å². The molecule has 23 N–H and O–H groups in total. The topological polar surface area (TPSA) is 578 Å². The Hall–Kier alpha value is -8.41. The van der Waals surface area contributed by atoms with Crippen molar-refractivity contribution in [3.05, 3.63) is 0 Å². The molecule has 0 saturated heterocycles. The fourth-order valence-electron chi connectivity index (χ4n) is 8.70. The zero-order chi connectivity index (χ0) is 72.3. The van der Waals surface area contributed by atoms with Crippen molar-refractivity contribution in [2.24, 2.45) is 51.6 Å². The Morgan fingerprint density at radius 3 is 1.23 bits per heavy atom. The Morgan fingerprint density at radius 1 is 0.436 bits per heavy atom. The second-order valence-electron chi connectivity index (χ2n) is 24.3. The van der Waals surface area contributed by atoms with Crippen molar-refractivity contribution >= 4 is 106 Å². The van der Waals surface area contributed by atoms with Crippen LogP contribution in [0.15, 0.2) is 4.99 Å². The molecule has 0 bridgehead atoms. The highest BCUT2D eigenvalue weighted by Crippen LogP contribution is 2.14. The van der Waals surface area contributed by atoms with E-state index in [9.17, 15) is 87.2 Å². The molecule has 0 saturated carbocycles. The van der Waals surface area contributed by atoms with Crippen LogP contribution < -0.4 is 86.7 Å².